The number of fused-ring (bicyclic) bond motifs is 2. The minimum atomic E-state index is -0.785. The Hall–Kier alpha value is -3.80. The zero-order valence-corrected chi connectivity index (χ0v) is 18.3. The lowest BCUT2D eigenvalue weighted by molar-refractivity contribution is -0.137. The van der Waals surface area contributed by atoms with Crippen molar-refractivity contribution in [3.8, 4) is 11.5 Å². The van der Waals surface area contributed by atoms with Gasteiger partial charge in [-0.3, -0.25) is 9.48 Å². The first-order valence-electron chi connectivity index (χ1n) is 11.3. The summed E-state index contributed by atoms with van der Waals surface area (Å²) < 4.78 is 13.8. The number of rotatable bonds is 8. The maximum atomic E-state index is 11.1. The number of hydrogen-bond acceptors (Lipinski definition) is 4. The van der Waals surface area contributed by atoms with Crippen molar-refractivity contribution in [2.24, 2.45) is 0 Å². The van der Waals surface area contributed by atoms with Gasteiger partial charge in [0, 0.05) is 23.9 Å². The molecular weight excluding hydrogens is 416 g/mol. The van der Waals surface area contributed by atoms with E-state index in [0.29, 0.717) is 19.0 Å². The highest BCUT2D eigenvalue weighted by molar-refractivity contribution is 5.79. The van der Waals surface area contributed by atoms with Gasteiger partial charge in [0.05, 0.1) is 24.7 Å². The van der Waals surface area contributed by atoms with E-state index in [9.17, 15) is 4.79 Å². The average Bonchev–Trinajstić information content (AvgIpc) is 3.24. The molecule has 0 fully saturated rings. The zero-order chi connectivity index (χ0) is 22.6. The van der Waals surface area contributed by atoms with Gasteiger partial charge in [-0.15, -0.1) is 0 Å². The molecule has 1 aromatic heterocycles. The van der Waals surface area contributed by atoms with E-state index in [4.69, 9.17) is 14.6 Å². The Morgan fingerprint density at radius 1 is 1.09 bits per heavy atom. The molecule has 1 aliphatic rings. The molecule has 0 saturated heterocycles. The minimum Gasteiger partial charge on any atom is -0.493 e. The van der Waals surface area contributed by atoms with Crippen LogP contribution in [0, 0.1) is 0 Å². The van der Waals surface area contributed by atoms with Crippen LogP contribution in [0.3, 0.4) is 0 Å². The normalized spacial score (nSPS) is 15.1. The Kier molecular flexibility index (Phi) is 5.98. The van der Waals surface area contributed by atoms with Crippen LogP contribution in [0.25, 0.3) is 10.9 Å². The summed E-state index contributed by atoms with van der Waals surface area (Å²) in [7, 11) is 0. The van der Waals surface area contributed by atoms with E-state index < -0.39 is 5.97 Å². The standard InChI is InChI=1S/C27H26N2O4/c30-27(31)15-21-11-13-32-26-16-23(7-8-24(21)26)33-18-20-6-9-25-22(14-20)17-28-29(25)12-10-19-4-2-1-3-5-19/h1-9,14,16-17,21H,10-13,15,18H2,(H,30,31). The molecule has 0 bridgehead atoms. The van der Waals surface area contributed by atoms with Gasteiger partial charge in [0.2, 0.25) is 0 Å². The van der Waals surface area contributed by atoms with Gasteiger partial charge in [0.15, 0.2) is 0 Å². The van der Waals surface area contributed by atoms with Gasteiger partial charge in [-0.25, -0.2) is 0 Å². The van der Waals surface area contributed by atoms with Gasteiger partial charge >= 0.3 is 5.97 Å². The maximum Gasteiger partial charge on any atom is 0.303 e. The van der Waals surface area contributed by atoms with Crippen LogP contribution >= 0.6 is 0 Å². The molecule has 0 aliphatic carbocycles. The molecule has 4 aromatic rings. The molecular formula is C27H26N2O4. The zero-order valence-electron chi connectivity index (χ0n) is 18.3. The third kappa shape index (κ3) is 4.85. The molecule has 5 rings (SSSR count). The Morgan fingerprint density at radius 3 is 2.82 bits per heavy atom. The highest BCUT2D eigenvalue weighted by Gasteiger charge is 2.24. The predicted molar refractivity (Wildman–Crippen MR) is 126 cm³/mol. The summed E-state index contributed by atoms with van der Waals surface area (Å²) in [6.07, 6.45) is 3.68. The fraction of sp³-hybridized carbons (Fsp3) is 0.259. The van der Waals surface area contributed by atoms with E-state index >= 15 is 0 Å². The Morgan fingerprint density at radius 2 is 1.97 bits per heavy atom. The van der Waals surface area contributed by atoms with Gasteiger partial charge in [-0.2, -0.15) is 5.10 Å². The summed E-state index contributed by atoms with van der Waals surface area (Å²) >= 11 is 0. The molecule has 33 heavy (non-hydrogen) atoms. The molecule has 0 saturated carbocycles. The number of carbonyl (C=O) groups is 1. The number of nitrogens with zero attached hydrogens (tertiary/aromatic N) is 2. The van der Waals surface area contributed by atoms with E-state index in [1.807, 2.05) is 35.1 Å². The molecule has 1 aliphatic heterocycles. The summed E-state index contributed by atoms with van der Waals surface area (Å²) in [6.45, 7) is 1.79. The number of carboxylic acid groups (broad SMARTS) is 1. The van der Waals surface area contributed by atoms with E-state index in [1.165, 1.54) is 5.56 Å². The molecule has 168 valence electrons. The second-order valence-electron chi connectivity index (χ2n) is 8.42. The topological polar surface area (TPSA) is 73.6 Å². The summed E-state index contributed by atoms with van der Waals surface area (Å²) in [5, 5.41) is 14.8. The fourth-order valence-corrected chi connectivity index (χ4v) is 4.41. The molecule has 0 radical (unpaired) electrons. The second-order valence-corrected chi connectivity index (χ2v) is 8.42. The quantitative estimate of drug-likeness (QED) is 0.406. The Balaban J connectivity index is 1.24. The predicted octanol–water partition coefficient (Wildman–Crippen LogP) is 5.20. The first kappa shape index (κ1) is 21.1. The van der Waals surface area contributed by atoms with Crippen LogP contribution in [-0.2, 0) is 24.4 Å². The second kappa shape index (κ2) is 9.36. The molecule has 3 aromatic carbocycles. The summed E-state index contributed by atoms with van der Waals surface area (Å²) in [4.78, 5) is 11.1. The molecule has 1 unspecified atom stereocenters. The molecule has 1 atom stereocenters. The maximum absolute atomic E-state index is 11.1. The van der Waals surface area contributed by atoms with Crippen molar-refractivity contribution in [1.29, 1.82) is 0 Å². The van der Waals surface area contributed by atoms with Crippen molar-refractivity contribution >= 4 is 16.9 Å². The van der Waals surface area contributed by atoms with E-state index in [1.54, 1.807) is 0 Å². The first-order valence-corrected chi connectivity index (χ1v) is 11.3. The van der Waals surface area contributed by atoms with Gasteiger partial charge in [-0.05, 0) is 47.7 Å². The summed E-state index contributed by atoms with van der Waals surface area (Å²) in [5.74, 6) is 0.636. The van der Waals surface area contributed by atoms with Crippen LogP contribution in [0.5, 0.6) is 11.5 Å². The van der Waals surface area contributed by atoms with Crippen LogP contribution in [0.1, 0.15) is 35.4 Å². The number of aliphatic carboxylic acids is 1. The van der Waals surface area contributed by atoms with E-state index in [2.05, 4.69) is 47.6 Å². The largest absolute Gasteiger partial charge is 0.493 e. The Bertz CT molecular complexity index is 1270. The van der Waals surface area contributed by atoms with E-state index in [-0.39, 0.29) is 12.3 Å². The third-order valence-electron chi connectivity index (χ3n) is 6.14. The molecule has 2 heterocycles. The van der Waals surface area contributed by atoms with Crippen molar-refractivity contribution in [3.63, 3.8) is 0 Å². The third-order valence-corrected chi connectivity index (χ3v) is 6.14. The summed E-state index contributed by atoms with van der Waals surface area (Å²) in [5.41, 5.74) is 4.42. The van der Waals surface area contributed by atoms with Crippen LogP contribution < -0.4 is 9.47 Å². The van der Waals surface area contributed by atoms with Crippen LogP contribution in [0.15, 0.2) is 72.9 Å². The number of hydrogen-bond donors (Lipinski definition) is 1. The highest BCUT2D eigenvalue weighted by atomic mass is 16.5. The van der Waals surface area contributed by atoms with Crippen molar-refractivity contribution in [2.75, 3.05) is 6.61 Å². The van der Waals surface area contributed by atoms with Gasteiger partial charge in [0.1, 0.15) is 18.1 Å². The number of aryl methyl sites for hydroxylation is 2. The Labute approximate surface area is 192 Å². The van der Waals surface area contributed by atoms with Crippen LogP contribution in [0.2, 0.25) is 0 Å². The van der Waals surface area contributed by atoms with Crippen molar-refractivity contribution in [1.82, 2.24) is 9.78 Å². The lowest BCUT2D eigenvalue weighted by Gasteiger charge is -2.25. The first-order chi connectivity index (χ1) is 16.2. The number of ether oxygens (including phenoxy) is 2. The van der Waals surface area contributed by atoms with Crippen LogP contribution in [-0.4, -0.2) is 27.5 Å². The summed E-state index contributed by atoms with van der Waals surface area (Å²) in [6, 6.07) is 22.4. The van der Waals surface area contributed by atoms with Gasteiger partial charge < -0.3 is 14.6 Å². The number of aromatic nitrogens is 2. The molecule has 6 heteroatoms. The molecule has 0 spiro atoms. The fourth-order valence-electron chi connectivity index (χ4n) is 4.41. The highest BCUT2D eigenvalue weighted by Crippen LogP contribution is 2.38. The number of benzene rings is 3. The van der Waals surface area contributed by atoms with Crippen molar-refractivity contribution in [2.45, 2.75) is 38.3 Å². The van der Waals surface area contributed by atoms with Crippen LogP contribution in [0.4, 0.5) is 0 Å². The average molecular weight is 443 g/mol. The lowest BCUT2D eigenvalue weighted by Crippen LogP contribution is -2.17. The molecule has 6 nitrogen and oxygen atoms in total. The lowest BCUT2D eigenvalue weighted by atomic mass is 9.90. The minimum absolute atomic E-state index is 0.0128. The molecule has 1 N–H and O–H groups in total. The SMILES string of the molecule is O=C(O)CC1CCOc2cc(OCc3ccc4c(cnn4CCc4ccccc4)c3)ccc21. The van der Waals surface area contributed by atoms with Gasteiger partial charge in [-0.1, -0.05) is 42.5 Å². The number of carboxylic acids is 1. The smallest absolute Gasteiger partial charge is 0.303 e. The van der Waals surface area contributed by atoms with E-state index in [0.717, 1.165) is 47.2 Å². The van der Waals surface area contributed by atoms with Crippen molar-refractivity contribution in [3.05, 3.63) is 89.6 Å². The monoisotopic (exact) mass is 442 g/mol. The van der Waals surface area contributed by atoms with Gasteiger partial charge in [0.25, 0.3) is 0 Å². The molecule has 0 amide bonds. The van der Waals surface area contributed by atoms with Crippen molar-refractivity contribution < 1.29 is 19.4 Å².